The van der Waals surface area contributed by atoms with Crippen LogP contribution in [0, 0.1) is 0 Å². The summed E-state index contributed by atoms with van der Waals surface area (Å²) in [6.07, 6.45) is 0. The number of hydrogen-bond donors (Lipinski definition) is 2. The quantitative estimate of drug-likeness (QED) is 0.818. The Labute approximate surface area is 128 Å². The number of hydrogen-bond acceptors (Lipinski definition) is 6. The molecule has 0 atom stereocenters. The molecule has 1 aromatic carbocycles. The number of rotatable bonds is 4. The highest BCUT2D eigenvalue weighted by Gasteiger charge is 2.14. The smallest absolute Gasteiger partial charge is 0.235 e. The Balaban J connectivity index is 1.87. The van der Waals surface area contributed by atoms with Gasteiger partial charge in [0.05, 0.1) is 25.3 Å². The van der Waals surface area contributed by atoms with E-state index in [0.717, 1.165) is 43.0 Å². The van der Waals surface area contributed by atoms with Crippen molar-refractivity contribution in [3.05, 3.63) is 30.1 Å². The summed E-state index contributed by atoms with van der Waals surface area (Å²) in [4.78, 5) is 22.5. The molecule has 0 aliphatic carbocycles. The summed E-state index contributed by atoms with van der Waals surface area (Å²) in [7, 11) is 0. The third-order valence-electron chi connectivity index (χ3n) is 3.48. The van der Waals surface area contributed by atoms with Gasteiger partial charge in [-0.1, -0.05) is 12.1 Å². The van der Waals surface area contributed by atoms with Crippen LogP contribution in [0.3, 0.4) is 0 Å². The van der Waals surface area contributed by atoms with E-state index in [1.54, 1.807) is 0 Å². The number of morpholine rings is 1. The Hall–Kier alpha value is -2.25. The first kappa shape index (κ1) is 14.7. The first-order valence-electron chi connectivity index (χ1n) is 7.31. The molecule has 3 rings (SSSR count). The molecule has 0 spiro atoms. The van der Waals surface area contributed by atoms with Crippen LogP contribution in [0.15, 0.2) is 24.3 Å². The topological polar surface area (TPSA) is 79.4 Å². The van der Waals surface area contributed by atoms with E-state index in [0.29, 0.717) is 12.4 Å². The molecule has 2 heterocycles. The number of anilines is 1. The number of benzene rings is 1. The van der Waals surface area contributed by atoms with Gasteiger partial charge in [-0.25, -0.2) is 9.97 Å². The number of amides is 1. The molecule has 2 N–H and O–H groups in total. The molecule has 7 heteroatoms. The molecule has 1 saturated heterocycles. The molecule has 1 aliphatic rings. The second-order valence-corrected chi connectivity index (χ2v) is 5.20. The van der Waals surface area contributed by atoms with Crippen molar-refractivity contribution in [1.29, 1.82) is 0 Å². The van der Waals surface area contributed by atoms with Crippen molar-refractivity contribution in [2.75, 3.05) is 31.7 Å². The molecule has 0 saturated carbocycles. The highest BCUT2D eigenvalue weighted by Crippen LogP contribution is 2.20. The van der Waals surface area contributed by atoms with Gasteiger partial charge in [-0.15, -0.1) is 0 Å². The van der Waals surface area contributed by atoms with Crippen molar-refractivity contribution in [3.8, 4) is 0 Å². The van der Waals surface area contributed by atoms with Gasteiger partial charge >= 0.3 is 0 Å². The van der Waals surface area contributed by atoms with Crippen LogP contribution >= 0.6 is 0 Å². The third kappa shape index (κ3) is 3.49. The molecule has 0 bridgehead atoms. The number of nitrogens with zero attached hydrogens (tertiary/aromatic N) is 3. The van der Waals surface area contributed by atoms with Crippen LogP contribution in [-0.4, -0.2) is 47.1 Å². The summed E-state index contributed by atoms with van der Waals surface area (Å²) in [6, 6.07) is 7.74. The lowest BCUT2D eigenvalue weighted by atomic mass is 10.2. The molecule has 1 fully saturated rings. The van der Waals surface area contributed by atoms with Gasteiger partial charge in [-0.05, 0) is 12.1 Å². The lowest BCUT2D eigenvalue weighted by Crippen LogP contribution is -2.36. The van der Waals surface area contributed by atoms with Crippen molar-refractivity contribution < 1.29 is 9.53 Å². The molecule has 7 nitrogen and oxygen atoms in total. The molecule has 1 amide bonds. The molecule has 1 aliphatic heterocycles. The standard InChI is InChI=1S/C15H19N5O2/c1-11(21)18-19-15-12-4-2-3-5-13(12)16-14(17-15)10-20-6-8-22-9-7-20/h2-5H,6-10H2,1H3,(H,18,21)(H,16,17,19). The fourth-order valence-corrected chi connectivity index (χ4v) is 2.40. The SMILES string of the molecule is CC(=O)NNc1nc(CN2CCOCC2)nc2ccccc12. The van der Waals surface area contributed by atoms with Crippen LogP contribution in [0.5, 0.6) is 0 Å². The Morgan fingerprint density at radius 3 is 2.82 bits per heavy atom. The maximum atomic E-state index is 11.1. The zero-order valence-electron chi connectivity index (χ0n) is 12.5. The second-order valence-electron chi connectivity index (χ2n) is 5.20. The lowest BCUT2D eigenvalue weighted by molar-refractivity contribution is -0.118. The van der Waals surface area contributed by atoms with E-state index in [1.165, 1.54) is 6.92 Å². The zero-order chi connectivity index (χ0) is 15.4. The van der Waals surface area contributed by atoms with E-state index < -0.39 is 0 Å². The van der Waals surface area contributed by atoms with E-state index in [-0.39, 0.29) is 5.91 Å². The first-order valence-corrected chi connectivity index (χ1v) is 7.31. The summed E-state index contributed by atoms with van der Waals surface area (Å²) in [5, 5.41) is 0.877. The minimum absolute atomic E-state index is 0.169. The molecule has 22 heavy (non-hydrogen) atoms. The van der Waals surface area contributed by atoms with Gasteiger partial charge in [0.15, 0.2) is 5.82 Å². The highest BCUT2D eigenvalue weighted by atomic mass is 16.5. The number of carbonyl (C=O) groups is 1. The predicted octanol–water partition coefficient (Wildman–Crippen LogP) is 0.925. The maximum absolute atomic E-state index is 11.1. The average Bonchev–Trinajstić information content (AvgIpc) is 2.53. The zero-order valence-corrected chi connectivity index (χ0v) is 12.5. The molecular weight excluding hydrogens is 282 g/mol. The van der Waals surface area contributed by atoms with Crippen molar-refractivity contribution in [3.63, 3.8) is 0 Å². The van der Waals surface area contributed by atoms with Crippen LogP contribution in [0.2, 0.25) is 0 Å². The molecule has 0 unspecified atom stereocenters. The Morgan fingerprint density at radius 1 is 1.27 bits per heavy atom. The summed E-state index contributed by atoms with van der Waals surface area (Å²) < 4.78 is 5.35. The van der Waals surface area contributed by atoms with Crippen LogP contribution in [-0.2, 0) is 16.1 Å². The Kier molecular flexibility index (Phi) is 4.45. The van der Waals surface area contributed by atoms with E-state index in [9.17, 15) is 4.79 Å². The summed E-state index contributed by atoms with van der Waals surface area (Å²) >= 11 is 0. The summed E-state index contributed by atoms with van der Waals surface area (Å²) in [6.45, 7) is 5.36. The first-order chi connectivity index (χ1) is 10.7. The summed E-state index contributed by atoms with van der Waals surface area (Å²) in [5.74, 6) is 1.18. The van der Waals surface area contributed by atoms with Gasteiger partial charge in [0.1, 0.15) is 5.82 Å². The van der Waals surface area contributed by atoms with Gasteiger partial charge in [0.25, 0.3) is 0 Å². The van der Waals surface area contributed by atoms with Crippen LogP contribution in [0.1, 0.15) is 12.7 Å². The minimum Gasteiger partial charge on any atom is -0.379 e. The molecule has 116 valence electrons. The van der Waals surface area contributed by atoms with Gasteiger partial charge in [0.2, 0.25) is 5.91 Å². The number of fused-ring (bicyclic) bond motifs is 1. The average molecular weight is 301 g/mol. The number of hydrazine groups is 1. The predicted molar refractivity (Wildman–Crippen MR) is 83.1 cm³/mol. The molecule has 1 aromatic heterocycles. The molecular formula is C15H19N5O2. The number of para-hydroxylation sites is 1. The number of carbonyl (C=O) groups excluding carboxylic acids is 1. The maximum Gasteiger partial charge on any atom is 0.235 e. The van der Waals surface area contributed by atoms with Gasteiger partial charge in [-0.3, -0.25) is 20.5 Å². The number of ether oxygens (including phenoxy) is 1. The van der Waals surface area contributed by atoms with Crippen molar-refractivity contribution in [1.82, 2.24) is 20.3 Å². The van der Waals surface area contributed by atoms with Gasteiger partial charge in [0, 0.05) is 25.4 Å². The fraction of sp³-hybridized carbons (Fsp3) is 0.400. The van der Waals surface area contributed by atoms with E-state index in [1.807, 2.05) is 24.3 Å². The van der Waals surface area contributed by atoms with E-state index in [2.05, 4.69) is 25.7 Å². The Bertz CT molecular complexity index is 670. The molecule has 2 aromatic rings. The molecule has 0 radical (unpaired) electrons. The monoisotopic (exact) mass is 301 g/mol. The van der Waals surface area contributed by atoms with E-state index in [4.69, 9.17) is 4.74 Å². The lowest BCUT2D eigenvalue weighted by Gasteiger charge is -2.26. The van der Waals surface area contributed by atoms with Crippen molar-refractivity contribution in [2.24, 2.45) is 0 Å². The largest absolute Gasteiger partial charge is 0.379 e. The normalized spacial score (nSPS) is 15.7. The van der Waals surface area contributed by atoms with E-state index >= 15 is 0 Å². The summed E-state index contributed by atoms with van der Waals surface area (Å²) in [5.41, 5.74) is 6.30. The number of aromatic nitrogens is 2. The Morgan fingerprint density at radius 2 is 2.05 bits per heavy atom. The number of nitrogens with one attached hydrogen (secondary N) is 2. The van der Waals surface area contributed by atoms with Crippen LogP contribution < -0.4 is 10.9 Å². The van der Waals surface area contributed by atoms with Crippen LogP contribution in [0.4, 0.5) is 5.82 Å². The second kappa shape index (κ2) is 6.67. The minimum atomic E-state index is -0.169. The fourth-order valence-electron chi connectivity index (χ4n) is 2.40. The van der Waals surface area contributed by atoms with Gasteiger partial charge < -0.3 is 4.74 Å². The van der Waals surface area contributed by atoms with Gasteiger partial charge in [-0.2, -0.15) is 0 Å². The van der Waals surface area contributed by atoms with Crippen molar-refractivity contribution >= 4 is 22.6 Å². The van der Waals surface area contributed by atoms with Crippen LogP contribution in [0.25, 0.3) is 10.9 Å². The van der Waals surface area contributed by atoms with Crippen molar-refractivity contribution in [2.45, 2.75) is 13.5 Å². The highest BCUT2D eigenvalue weighted by molar-refractivity contribution is 5.89. The third-order valence-corrected chi connectivity index (χ3v) is 3.48.